The van der Waals surface area contributed by atoms with Crippen LogP contribution in [0.4, 0.5) is 5.82 Å². The lowest BCUT2D eigenvalue weighted by Gasteiger charge is -2.27. The fourth-order valence-electron chi connectivity index (χ4n) is 3.03. The third-order valence-electron chi connectivity index (χ3n) is 4.60. The molecule has 0 radical (unpaired) electrons. The average molecular weight is 449 g/mol. The Morgan fingerprint density at radius 1 is 1.37 bits per heavy atom. The first-order chi connectivity index (χ1) is 14.1. The van der Waals surface area contributed by atoms with E-state index in [4.69, 9.17) is 29.2 Å². The highest BCUT2D eigenvalue weighted by Gasteiger charge is 2.48. The van der Waals surface area contributed by atoms with Gasteiger partial charge in [-0.25, -0.2) is 4.79 Å². The molecule has 0 spiro atoms. The van der Waals surface area contributed by atoms with E-state index in [0.717, 1.165) is 0 Å². The van der Waals surface area contributed by atoms with Crippen molar-refractivity contribution >= 4 is 13.4 Å². The summed E-state index contributed by atoms with van der Waals surface area (Å²) < 4.78 is 41.5. The molecule has 0 saturated carbocycles. The van der Waals surface area contributed by atoms with Crippen LogP contribution in [0.3, 0.4) is 0 Å². The molecular weight excluding hydrogens is 417 g/mol. The Labute approximate surface area is 176 Å². The second-order valence-electron chi connectivity index (χ2n) is 7.29. The zero-order chi connectivity index (χ0) is 22.5. The molecule has 1 aromatic heterocycles. The average Bonchev–Trinajstić information content (AvgIpc) is 3.00. The molecular formula is C18H32N3O8P. The molecule has 0 aliphatic carbocycles. The van der Waals surface area contributed by atoms with Gasteiger partial charge in [-0.3, -0.25) is 9.13 Å². The molecule has 1 fully saturated rings. The van der Waals surface area contributed by atoms with E-state index in [9.17, 15) is 14.3 Å². The molecule has 1 aromatic rings. The molecule has 5 unspecified atom stereocenters. The fourth-order valence-corrected chi connectivity index (χ4v) is 3.59. The molecule has 172 valence electrons. The van der Waals surface area contributed by atoms with Crippen molar-refractivity contribution in [2.45, 2.75) is 58.3 Å². The first kappa shape index (κ1) is 24.9. The Morgan fingerprint density at radius 3 is 2.67 bits per heavy atom. The van der Waals surface area contributed by atoms with E-state index in [1.807, 2.05) is 13.8 Å². The van der Waals surface area contributed by atoms with Gasteiger partial charge in [0.25, 0.3) is 0 Å². The van der Waals surface area contributed by atoms with Crippen molar-refractivity contribution in [2.24, 2.45) is 0 Å². The molecule has 1 saturated heterocycles. The monoisotopic (exact) mass is 449 g/mol. The molecule has 5 atom stereocenters. The summed E-state index contributed by atoms with van der Waals surface area (Å²) in [6.07, 6.45) is -1.69. The number of aromatic nitrogens is 2. The summed E-state index contributed by atoms with van der Waals surface area (Å²) in [5.74, 6) is 0.130. The molecule has 2 heterocycles. The lowest BCUT2D eigenvalue weighted by molar-refractivity contribution is -0.102. The van der Waals surface area contributed by atoms with Crippen LogP contribution < -0.4 is 11.4 Å². The highest BCUT2D eigenvalue weighted by atomic mass is 31.2. The maximum absolute atomic E-state index is 12.5. The van der Waals surface area contributed by atoms with E-state index in [1.165, 1.54) is 4.57 Å². The molecule has 1 aliphatic heterocycles. The standard InChI is InChI=1S/C18H32N3O8P/c1-6-30(23,24)27-10-13-14(28-11(2)3)15(26-8-7-25-5)17(29-13)21-9-12(4)16(19)20-18(21)22/h9,11,13-15,17H,6-8,10H2,1-5H3,(H,23,24)(H2,19,20,22). The topological polar surface area (TPSA) is 144 Å². The fraction of sp³-hybridized carbons (Fsp3) is 0.778. The van der Waals surface area contributed by atoms with E-state index >= 15 is 0 Å². The molecule has 3 N–H and O–H groups in total. The minimum atomic E-state index is -3.74. The van der Waals surface area contributed by atoms with Gasteiger partial charge in [0.1, 0.15) is 24.1 Å². The second-order valence-corrected chi connectivity index (χ2v) is 9.46. The van der Waals surface area contributed by atoms with Crippen LogP contribution in [0, 0.1) is 6.92 Å². The van der Waals surface area contributed by atoms with E-state index in [1.54, 1.807) is 27.2 Å². The number of ether oxygens (including phenoxy) is 4. The molecule has 0 amide bonds. The number of nitrogens with two attached hydrogens (primary N) is 1. The second kappa shape index (κ2) is 10.8. The van der Waals surface area contributed by atoms with Crippen molar-refractivity contribution in [1.82, 2.24) is 9.55 Å². The minimum Gasteiger partial charge on any atom is -0.383 e. The van der Waals surface area contributed by atoms with E-state index in [2.05, 4.69) is 4.98 Å². The quantitative estimate of drug-likeness (QED) is 0.372. The number of hydrogen-bond donors (Lipinski definition) is 2. The Morgan fingerprint density at radius 2 is 2.07 bits per heavy atom. The Balaban J connectivity index is 2.38. The lowest BCUT2D eigenvalue weighted by atomic mass is 10.1. The van der Waals surface area contributed by atoms with Gasteiger partial charge in [0.05, 0.1) is 25.9 Å². The first-order valence-corrected chi connectivity index (χ1v) is 11.6. The summed E-state index contributed by atoms with van der Waals surface area (Å²) in [5.41, 5.74) is 5.73. The van der Waals surface area contributed by atoms with E-state index in [0.29, 0.717) is 12.2 Å². The van der Waals surface area contributed by atoms with Gasteiger partial charge in [0.2, 0.25) is 0 Å². The molecule has 0 bridgehead atoms. The van der Waals surface area contributed by atoms with Gasteiger partial charge in [-0.2, -0.15) is 4.98 Å². The molecule has 2 rings (SSSR count). The SMILES string of the molecule is CCP(=O)(O)OCC1OC(n2cc(C)c(N)nc2=O)C(OCCOC)C1OC(C)C. The number of methoxy groups -OCH3 is 1. The van der Waals surface area contributed by atoms with Crippen LogP contribution in [0.5, 0.6) is 0 Å². The van der Waals surface area contributed by atoms with Crippen molar-refractivity contribution < 1.29 is 32.9 Å². The third-order valence-corrected chi connectivity index (χ3v) is 5.95. The van der Waals surface area contributed by atoms with Crippen LogP contribution in [-0.2, 0) is 28.0 Å². The van der Waals surface area contributed by atoms with Crippen molar-refractivity contribution in [3.8, 4) is 0 Å². The minimum absolute atomic E-state index is 0.0346. The van der Waals surface area contributed by atoms with Crippen LogP contribution >= 0.6 is 7.60 Å². The number of anilines is 1. The number of nitrogen functional groups attached to an aromatic ring is 1. The van der Waals surface area contributed by atoms with Crippen LogP contribution in [0.25, 0.3) is 0 Å². The van der Waals surface area contributed by atoms with Crippen molar-refractivity contribution in [3.63, 3.8) is 0 Å². The van der Waals surface area contributed by atoms with E-state index in [-0.39, 0.29) is 31.3 Å². The normalized spacial score (nSPS) is 26.2. The summed E-state index contributed by atoms with van der Waals surface area (Å²) >= 11 is 0. The highest BCUT2D eigenvalue weighted by Crippen LogP contribution is 2.43. The van der Waals surface area contributed by atoms with Gasteiger partial charge in [-0.15, -0.1) is 0 Å². The zero-order valence-electron chi connectivity index (χ0n) is 18.0. The van der Waals surface area contributed by atoms with Gasteiger partial charge in [-0.05, 0) is 20.8 Å². The predicted molar refractivity (Wildman–Crippen MR) is 109 cm³/mol. The van der Waals surface area contributed by atoms with Gasteiger partial charge in [-0.1, -0.05) is 6.92 Å². The largest absolute Gasteiger partial charge is 0.383 e. The third kappa shape index (κ3) is 6.34. The van der Waals surface area contributed by atoms with Crippen LogP contribution in [0.2, 0.25) is 0 Å². The van der Waals surface area contributed by atoms with E-state index < -0.39 is 37.8 Å². The molecule has 30 heavy (non-hydrogen) atoms. The molecule has 1 aliphatic rings. The maximum Gasteiger partial charge on any atom is 0.351 e. The maximum atomic E-state index is 12.5. The molecule has 11 nitrogen and oxygen atoms in total. The smallest absolute Gasteiger partial charge is 0.351 e. The van der Waals surface area contributed by atoms with Crippen LogP contribution in [0.1, 0.15) is 32.6 Å². The zero-order valence-corrected chi connectivity index (χ0v) is 18.9. The van der Waals surface area contributed by atoms with Gasteiger partial charge in [0, 0.05) is 25.0 Å². The first-order valence-electron chi connectivity index (χ1n) is 9.82. The number of rotatable bonds is 11. The van der Waals surface area contributed by atoms with Crippen molar-refractivity contribution in [1.29, 1.82) is 0 Å². The van der Waals surface area contributed by atoms with Gasteiger partial charge in [0.15, 0.2) is 6.23 Å². The summed E-state index contributed by atoms with van der Waals surface area (Å²) in [4.78, 5) is 26.1. The summed E-state index contributed by atoms with van der Waals surface area (Å²) in [6.45, 7) is 7.34. The predicted octanol–water partition coefficient (Wildman–Crippen LogP) is 1.08. The van der Waals surface area contributed by atoms with Crippen molar-refractivity contribution in [2.75, 3.05) is 38.8 Å². The summed E-state index contributed by atoms with van der Waals surface area (Å²) in [6, 6.07) is 0. The van der Waals surface area contributed by atoms with Gasteiger partial charge < -0.3 is 34.1 Å². The number of hydrogen-bond acceptors (Lipinski definition) is 9. The van der Waals surface area contributed by atoms with Crippen LogP contribution in [-0.4, -0.2) is 72.0 Å². The number of nitrogens with zero attached hydrogens (tertiary/aromatic N) is 2. The summed E-state index contributed by atoms with van der Waals surface area (Å²) in [7, 11) is -2.19. The van der Waals surface area contributed by atoms with Gasteiger partial charge >= 0.3 is 13.3 Å². The Hall–Kier alpha value is -1.33. The van der Waals surface area contributed by atoms with Crippen molar-refractivity contribution in [3.05, 3.63) is 22.2 Å². The molecule has 12 heteroatoms. The Bertz CT molecular complexity index is 802. The summed E-state index contributed by atoms with van der Waals surface area (Å²) in [5, 5.41) is 0. The Kier molecular flexibility index (Phi) is 8.98. The lowest BCUT2D eigenvalue weighted by Crippen LogP contribution is -2.41. The highest BCUT2D eigenvalue weighted by molar-refractivity contribution is 7.52. The number of aryl methyl sites for hydroxylation is 1. The van der Waals surface area contributed by atoms with Crippen LogP contribution in [0.15, 0.2) is 11.0 Å². The molecule has 0 aromatic carbocycles.